The van der Waals surface area contributed by atoms with Gasteiger partial charge in [0.25, 0.3) is 0 Å². The standard InChI is InChI=1S/C13H14FN3/c1-9-6-7-16-12(8-9)13(17-15)10-2-4-11(14)5-3-10/h2-8,13,17H,15H2,1H3. The molecule has 1 unspecified atom stereocenters. The van der Waals surface area contributed by atoms with E-state index in [4.69, 9.17) is 5.84 Å². The van der Waals surface area contributed by atoms with Crippen LogP contribution >= 0.6 is 0 Å². The van der Waals surface area contributed by atoms with Gasteiger partial charge in [0.05, 0.1) is 11.7 Å². The summed E-state index contributed by atoms with van der Waals surface area (Å²) < 4.78 is 12.9. The number of halogens is 1. The van der Waals surface area contributed by atoms with E-state index in [9.17, 15) is 4.39 Å². The van der Waals surface area contributed by atoms with Crippen LogP contribution in [0, 0.1) is 12.7 Å². The fraction of sp³-hybridized carbons (Fsp3) is 0.154. The van der Waals surface area contributed by atoms with Crippen LogP contribution in [0.3, 0.4) is 0 Å². The van der Waals surface area contributed by atoms with Crippen molar-refractivity contribution in [3.05, 3.63) is 65.2 Å². The molecule has 3 N–H and O–H groups in total. The highest BCUT2D eigenvalue weighted by molar-refractivity contribution is 5.29. The Bertz CT molecular complexity index is 496. The maximum atomic E-state index is 12.9. The van der Waals surface area contributed by atoms with Crippen LogP contribution in [0.5, 0.6) is 0 Å². The molecule has 0 aliphatic heterocycles. The lowest BCUT2D eigenvalue weighted by Crippen LogP contribution is -2.29. The molecule has 17 heavy (non-hydrogen) atoms. The molecule has 0 fully saturated rings. The van der Waals surface area contributed by atoms with Gasteiger partial charge in [-0.25, -0.2) is 9.82 Å². The zero-order valence-corrected chi connectivity index (χ0v) is 9.52. The lowest BCUT2D eigenvalue weighted by molar-refractivity contribution is 0.607. The van der Waals surface area contributed by atoms with Gasteiger partial charge in [0.1, 0.15) is 5.82 Å². The number of hydrogen-bond donors (Lipinski definition) is 2. The first-order valence-corrected chi connectivity index (χ1v) is 5.35. The first-order chi connectivity index (χ1) is 8.20. The molecule has 0 aliphatic carbocycles. The predicted octanol–water partition coefficient (Wildman–Crippen LogP) is 2.08. The minimum Gasteiger partial charge on any atom is -0.271 e. The molecule has 1 aromatic heterocycles. The molecule has 1 atom stereocenters. The van der Waals surface area contributed by atoms with Gasteiger partial charge in [-0.1, -0.05) is 12.1 Å². The van der Waals surface area contributed by atoms with Crippen molar-refractivity contribution in [2.45, 2.75) is 13.0 Å². The number of pyridine rings is 1. The van der Waals surface area contributed by atoms with Gasteiger partial charge >= 0.3 is 0 Å². The number of nitrogens with one attached hydrogen (secondary N) is 1. The maximum Gasteiger partial charge on any atom is 0.123 e. The smallest absolute Gasteiger partial charge is 0.123 e. The van der Waals surface area contributed by atoms with Gasteiger partial charge in [-0.15, -0.1) is 0 Å². The van der Waals surface area contributed by atoms with E-state index in [0.29, 0.717) is 0 Å². The molecule has 4 heteroatoms. The molecule has 0 radical (unpaired) electrons. The Morgan fingerprint density at radius 3 is 2.53 bits per heavy atom. The van der Waals surface area contributed by atoms with Gasteiger partial charge in [-0.3, -0.25) is 10.8 Å². The number of nitrogens with two attached hydrogens (primary N) is 1. The van der Waals surface area contributed by atoms with Gasteiger partial charge in [0.2, 0.25) is 0 Å². The van der Waals surface area contributed by atoms with E-state index in [2.05, 4.69) is 10.4 Å². The predicted molar refractivity (Wildman–Crippen MR) is 64.5 cm³/mol. The van der Waals surface area contributed by atoms with Crippen molar-refractivity contribution in [1.82, 2.24) is 10.4 Å². The van der Waals surface area contributed by atoms with Crippen molar-refractivity contribution in [1.29, 1.82) is 0 Å². The second kappa shape index (κ2) is 5.03. The van der Waals surface area contributed by atoms with E-state index in [0.717, 1.165) is 16.8 Å². The number of aromatic nitrogens is 1. The van der Waals surface area contributed by atoms with E-state index in [1.54, 1.807) is 18.3 Å². The number of nitrogens with zero attached hydrogens (tertiary/aromatic N) is 1. The molecule has 3 nitrogen and oxygen atoms in total. The summed E-state index contributed by atoms with van der Waals surface area (Å²) in [6, 6.07) is 9.87. The number of hydrogen-bond acceptors (Lipinski definition) is 3. The van der Waals surface area contributed by atoms with Crippen LogP contribution < -0.4 is 11.3 Å². The largest absolute Gasteiger partial charge is 0.271 e. The number of benzene rings is 1. The summed E-state index contributed by atoms with van der Waals surface area (Å²) >= 11 is 0. The summed E-state index contributed by atoms with van der Waals surface area (Å²) in [4.78, 5) is 4.27. The van der Waals surface area contributed by atoms with E-state index >= 15 is 0 Å². The van der Waals surface area contributed by atoms with E-state index in [-0.39, 0.29) is 11.9 Å². The molecular formula is C13H14FN3. The third-order valence-electron chi connectivity index (χ3n) is 2.60. The van der Waals surface area contributed by atoms with Crippen LogP contribution in [0.1, 0.15) is 22.9 Å². The van der Waals surface area contributed by atoms with E-state index in [1.807, 2.05) is 19.1 Å². The minimum atomic E-state index is -0.262. The van der Waals surface area contributed by atoms with E-state index < -0.39 is 0 Å². The topological polar surface area (TPSA) is 50.9 Å². The summed E-state index contributed by atoms with van der Waals surface area (Å²) in [6.07, 6.45) is 1.73. The van der Waals surface area contributed by atoms with Crippen molar-refractivity contribution in [3.63, 3.8) is 0 Å². The Hall–Kier alpha value is -1.78. The number of hydrazine groups is 1. The zero-order chi connectivity index (χ0) is 12.3. The second-order valence-corrected chi connectivity index (χ2v) is 3.91. The molecule has 1 heterocycles. The maximum absolute atomic E-state index is 12.9. The number of aryl methyl sites for hydroxylation is 1. The van der Waals surface area contributed by atoms with Crippen molar-refractivity contribution >= 4 is 0 Å². The summed E-state index contributed by atoms with van der Waals surface area (Å²) in [5, 5.41) is 0. The Balaban J connectivity index is 2.36. The van der Waals surface area contributed by atoms with E-state index in [1.165, 1.54) is 12.1 Å². The lowest BCUT2D eigenvalue weighted by atomic mass is 10.0. The van der Waals surface area contributed by atoms with Gasteiger partial charge in [0, 0.05) is 6.20 Å². The monoisotopic (exact) mass is 231 g/mol. The Labute approximate surface area is 99.5 Å². The van der Waals surface area contributed by atoms with Crippen LogP contribution in [0.15, 0.2) is 42.6 Å². The third-order valence-corrected chi connectivity index (χ3v) is 2.60. The fourth-order valence-corrected chi connectivity index (χ4v) is 1.73. The average molecular weight is 231 g/mol. The van der Waals surface area contributed by atoms with Gasteiger partial charge < -0.3 is 0 Å². The van der Waals surface area contributed by atoms with Gasteiger partial charge in [-0.05, 0) is 42.3 Å². The highest BCUT2D eigenvalue weighted by Gasteiger charge is 2.13. The first kappa shape index (κ1) is 11.7. The van der Waals surface area contributed by atoms with Crippen molar-refractivity contribution < 1.29 is 4.39 Å². The van der Waals surface area contributed by atoms with Gasteiger partial charge in [0.15, 0.2) is 0 Å². The highest BCUT2D eigenvalue weighted by atomic mass is 19.1. The molecule has 0 aliphatic rings. The quantitative estimate of drug-likeness (QED) is 0.628. The van der Waals surface area contributed by atoms with Crippen LogP contribution in [-0.4, -0.2) is 4.98 Å². The van der Waals surface area contributed by atoms with Crippen molar-refractivity contribution in [2.24, 2.45) is 5.84 Å². The number of rotatable bonds is 3. The summed E-state index contributed by atoms with van der Waals surface area (Å²) in [5.41, 5.74) is 5.51. The first-order valence-electron chi connectivity index (χ1n) is 5.35. The van der Waals surface area contributed by atoms with Crippen LogP contribution in [0.25, 0.3) is 0 Å². The van der Waals surface area contributed by atoms with Crippen molar-refractivity contribution in [2.75, 3.05) is 0 Å². The molecule has 1 aromatic carbocycles. The Morgan fingerprint density at radius 2 is 1.94 bits per heavy atom. The molecule has 0 bridgehead atoms. The van der Waals surface area contributed by atoms with Crippen LogP contribution in [-0.2, 0) is 0 Å². The Morgan fingerprint density at radius 1 is 1.24 bits per heavy atom. The van der Waals surface area contributed by atoms with Crippen molar-refractivity contribution in [3.8, 4) is 0 Å². The molecule has 0 saturated carbocycles. The molecule has 0 spiro atoms. The minimum absolute atomic E-state index is 0.226. The average Bonchev–Trinajstić information content (AvgIpc) is 2.33. The molecule has 2 aromatic rings. The second-order valence-electron chi connectivity index (χ2n) is 3.91. The van der Waals surface area contributed by atoms with Crippen LogP contribution in [0.4, 0.5) is 4.39 Å². The summed E-state index contributed by atoms with van der Waals surface area (Å²) in [6.45, 7) is 1.99. The Kier molecular flexibility index (Phi) is 3.46. The normalized spacial score (nSPS) is 12.4. The molecule has 0 amide bonds. The summed E-state index contributed by atoms with van der Waals surface area (Å²) in [5.74, 6) is 5.28. The molecule has 2 rings (SSSR count). The zero-order valence-electron chi connectivity index (χ0n) is 9.52. The SMILES string of the molecule is Cc1ccnc(C(NN)c2ccc(F)cc2)c1. The molecule has 0 saturated heterocycles. The fourth-order valence-electron chi connectivity index (χ4n) is 1.73. The third kappa shape index (κ3) is 2.67. The van der Waals surface area contributed by atoms with Crippen LogP contribution in [0.2, 0.25) is 0 Å². The van der Waals surface area contributed by atoms with Gasteiger partial charge in [-0.2, -0.15) is 0 Å². The molecule has 88 valence electrons. The lowest BCUT2D eigenvalue weighted by Gasteiger charge is -2.16. The molecular weight excluding hydrogens is 217 g/mol. The summed E-state index contributed by atoms with van der Waals surface area (Å²) in [7, 11) is 0. The highest BCUT2D eigenvalue weighted by Crippen LogP contribution is 2.20.